The molecular formula is C26H29N3O3S2. The lowest BCUT2D eigenvalue weighted by atomic mass is 9.92. The fourth-order valence-electron chi connectivity index (χ4n) is 3.43. The molecule has 6 nitrogen and oxygen atoms in total. The maximum atomic E-state index is 12.8. The number of methoxy groups -OCH3 is 1. The molecule has 0 aromatic heterocycles. The molecule has 0 radical (unpaired) electrons. The largest absolute Gasteiger partial charge is 0.497 e. The molecule has 0 spiro atoms. The highest BCUT2D eigenvalue weighted by Gasteiger charge is 2.32. The molecule has 2 aromatic rings. The molecule has 34 heavy (non-hydrogen) atoms. The van der Waals surface area contributed by atoms with Crippen molar-refractivity contribution in [1.82, 2.24) is 15.5 Å². The van der Waals surface area contributed by atoms with Gasteiger partial charge in [0.25, 0.3) is 5.91 Å². The number of hydrogen-bond donors (Lipinski definition) is 2. The summed E-state index contributed by atoms with van der Waals surface area (Å²) in [6.45, 7) is 10.4. The standard InChI is InChI=1S/C26H29N3O3S2/c1-17(2)19-9-7-10-20(16-19)26(3,4)28-24(31)27-12-13-29-23(30)22(34-25(29)33)15-18-8-6-11-21(14-18)32-5/h6-11,14-16H,1,12-13H2,2-5H3,(H2,27,28,31)/b22-15+. The van der Waals surface area contributed by atoms with Crippen LogP contribution in [0.4, 0.5) is 4.79 Å². The number of urea groups is 1. The number of nitrogens with zero attached hydrogens (tertiary/aromatic N) is 1. The normalized spacial score (nSPS) is 14.9. The number of allylic oxidation sites excluding steroid dienone is 1. The summed E-state index contributed by atoms with van der Waals surface area (Å²) in [4.78, 5) is 27.4. The number of amides is 3. The van der Waals surface area contributed by atoms with Crippen molar-refractivity contribution < 1.29 is 14.3 Å². The molecule has 8 heteroatoms. The van der Waals surface area contributed by atoms with Crippen molar-refractivity contribution in [2.24, 2.45) is 0 Å². The predicted octanol–water partition coefficient (Wildman–Crippen LogP) is 5.16. The molecule has 1 fully saturated rings. The van der Waals surface area contributed by atoms with E-state index in [-0.39, 0.29) is 18.5 Å². The Hall–Kier alpha value is -3.10. The molecule has 2 aromatic carbocycles. The van der Waals surface area contributed by atoms with Crippen LogP contribution in [0.5, 0.6) is 5.75 Å². The van der Waals surface area contributed by atoms with Gasteiger partial charge in [0.05, 0.1) is 17.6 Å². The van der Waals surface area contributed by atoms with Crippen molar-refractivity contribution in [2.45, 2.75) is 26.3 Å². The number of ether oxygens (including phenoxy) is 1. The minimum Gasteiger partial charge on any atom is -0.497 e. The van der Waals surface area contributed by atoms with E-state index in [4.69, 9.17) is 17.0 Å². The molecular weight excluding hydrogens is 466 g/mol. The summed E-state index contributed by atoms with van der Waals surface area (Å²) in [5, 5.41) is 5.82. The zero-order valence-electron chi connectivity index (χ0n) is 19.8. The maximum absolute atomic E-state index is 12.8. The average molecular weight is 496 g/mol. The van der Waals surface area contributed by atoms with E-state index in [0.29, 0.717) is 21.5 Å². The maximum Gasteiger partial charge on any atom is 0.315 e. The topological polar surface area (TPSA) is 70.7 Å². The minimum atomic E-state index is -0.587. The molecule has 0 bridgehead atoms. The van der Waals surface area contributed by atoms with Gasteiger partial charge < -0.3 is 15.4 Å². The zero-order valence-corrected chi connectivity index (χ0v) is 21.4. The van der Waals surface area contributed by atoms with E-state index in [1.807, 2.05) is 69.3 Å². The number of nitrogens with one attached hydrogen (secondary N) is 2. The van der Waals surface area contributed by atoms with Crippen LogP contribution >= 0.6 is 24.0 Å². The molecule has 0 atom stereocenters. The number of carbonyl (C=O) groups excluding carboxylic acids is 2. The first-order valence-corrected chi connectivity index (χ1v) is 12.0. The molecule has 1 saturated heterocycles. The van der Waals surface area contributed by atoms with Crippen LogP contribution in [0.3, 0.4) is 0 Å². The van der Waals surface area contributed by atoms with E-state index in [0.717, 1.165) is 22.3 Å². The van der Waals surface area contributed by atoms with Gasteiger partial charge in [-0.1, -0.05) is 66.5 Å². The first kappa shape index (κ1) is 25.5. The molecule has 1 heterocycles. The number of rotatable bonds is 8. The van der Waals surface area contributed by atoms with Gasteiger partial charge in [0.15, 0.2) is 0 Å². The third-order valence-electron chi connectivity index (χ3n) is 5.39. The van der Waals surface area contributed by atoms with Gasteiger partial charge in [0.1, 0.15) is 10.1 Å². The van der Waals surface area contributed by atoms with Crippen LogP contribution in [0.15, 0.2) is 60.0 Å². The quantitative estimate of drug-likeness (QED) is 0.391. The summed E-state index contributed by atoms with van der Waals surface area (Å²) >= 11 is 6.64. The molecule has 0 saturated carbocycles. The predicted molar refractivity (Wildman–Crippen MR) is 144 cm³/mol. The van der Waals surface area contributed by atoms with Crippen molar-refractivity contribution in [3.63, 3.8) is 0 Å². The second kappa shape index (κ2) is 10.9. The Morgan fingerprint density at radius 1 is 1.24 bits per heavy atom. The van der Waals surface area contributed by atoms with Crippen LogP contribution in [0.25, 0.3) is 11.6 Å². The lowest BCUT2D eigenvalue weighted by Gasteiger charge is -2.28. The SMILES string of the molecule is C=C(C)c1cccc(C(C)(C)NC(=O)NCCN2C(=O)/C(=C\c3cccc(OC)c3)SC2=S)c1. The Kier molecular flexibility index (Phi) is 8.17. The number of benzene rings is 2. The van der Waals surface area contributed by atoms with Crippen molar-refractivity contribution in [3.05, 3.63) is 76.7 Å². The number of hydrogen-bond acceptors (Lipinski definition) is 5. The fourth-order valence-corrected chi connectivity index (χ4v) is 4.74. The van der Waals surface area contributed by atoms with E-state index < -0.39 is 5.54 Å². The Bertz CT molecular complexity index is 1160. The molecule has 0 aliphatic carbocycles. The van der Waals surface area contributed by atoms with Gasteiger partial charge in [0.2, 0.25) is 0 Å². The Morgan fingerprint density at radius 2 is 1.97 bits per heavy atom. The van der Waals surface area contributed by atoms with Gasteiger partial charge in [-0.25, -0.2) is 4.79 Å². The summed E-state index contributed by atoms with van der Waals surface area (Å²) in [5.74, 6) is 0.547. The highest BCUT2D eigenvalue weighted by Crippen LogP contribution is 2.32. The molecule has 3 rings (SSSR count). The lowest BCUT2D eigenvalue weighted by Crippen LogP contribution is -2.48. The first-order chi connectivity index (χ1) is 16.1. The van der Waals surface area contributed by atoms with E-state index in [1.54, 1.807) is 13.2 Å². The van der Waals surface area contributed by atoms with Crippen LogP contribution in [0, 0.1) is 0 Å². The zero-order chi connectivity index (χ0) is 24.9. The second-order valence-electron chi connectivity index (χ2n) is 8.48. The number of thioether (sulfide) groups is 1. The van der Waals surface area contributed by atoms with Gasteiger partial charge in [-0.15, -0.1) is 0 Å². The highest BCUT2D eigenvalue weighted by atomic mass is 32.2. The van der Waals surface area contributed by atoms with Crippen molar-refractivity contribution >= 4 is 51.9 Å². The van der Waals surface area contributed by atoms with Gasteiger partial charge in [-0.2, -0.15) is 0 Å². The van der Waals surface area contributed by atoms with Crippen molar-refractivity contribution in [1.29, 1.82) is 0 Å². The third-order valence-corrected chi connectivity index (χ3v) is 6.77. The van der Waals surface area contributed by atoms with E-state index >= 15 is 0 Å². The van der Waals surface area contributed by atoms with Crippen molar-refractivity contribution in [3.8, 4) is 5.75 Å². The summed E-state index contributed by atoms with van der Waals surface area (Å²) < 4.78 is 5.71. The monoisotopic (exact) mass is 495 g/mol. The van der Waals surface area contributed by atoms with Crippen LogP contribution in [0.1, 0.15) is 37.5 Å². The van der Waals surface area contributed by atoms with Gasteiger partial charge in [-0.05, 0) is 61.7 Å². The molecule has 2 N–H and O–H groups in total. The van der Waals surface area contributed by atoms with E-state index in [9.17, 15) is 9.59 Å². The first-order valence-electron chi connectivity index (χ1n) is 10.8. The van der Waals surface area contributed by atoms with E-state index in [2.05, 4.69) is 17.2 Å². The van der Waals surface area contributed by atoms with Gasteiger partial charge in [-0.3, -0.25) is 9.69 Å². The Balaban J connectivity index is 1.56. The van der Waals surface area contributed by atoms with Crippen LogP contribution in [0.2, 0.25) is 0 Å². The van der Waals surface area contributed by atoms with Crippen LogP contribution in [-0.2, 0) is 10.3 Å². The summed E-state index contributed by atoms with van der Waals surface area (Å²) in [7, 11) is 1.60. The third kappa shape index (κ3) is 6.27. The second-order valence-corrected chi connectivity index (χ2v) is 10.2. The van der Waals surface area contributed by atoms with Gasteiger partial charge in [0, 0.05) is 13.1 Å². The number of thiocarbonyl (C=S) groups is 1. The Morgan fingerprint density at radius 3 is 2.68 bits per heavy atom. The molecule has 3 amide bonds. The smallest absolute Gasteiger partial charge is 0.315 e. The minimum absolute atomic E-state index is 0.169. The fraction of sp³-hybridized carbons (Fsp3) is 0.269. The van der Waals surface area contributed by atoms with Gasteiger partial charge >= 0.3 is 6.03 Å². The molecule has 178 valence electrons. The average Bonchev–Trinajstić information content (AvgIpc) is 3.06. The van der Waals surface area contributed by atoms with Crippen LogP contribution in [-0.4, -0.2) is 41.4 Å². The molecule has 1 aliphatic rings. The summed E-state index contributed by atoms with van der Waals surface area (Å²) in [5.41, 5.74) is 3.24. The van der Waals surface area contributed by atoms with E-state index in [1.165, 1.54) is 16.7 Å². The summed E-state index contributed by atoms with van der Waals surface area (Å²) in [6, 6.07) is 15.1. The molecule has 1 aliphatic heterocycles. The molecule has 0 unspecified atom stereocenters. The lowest BCUT2D eigenvalue weighted by molar-refractivity contribution is -0.122. The number of carbonyl (C=O) groups is 2. The summed E-state index contributed by atoms with van der Waals surface area (Å²) in [6.07, 6.45) is 1.80. The van der Waals surface area contributed by atoms with Crippen LogP contribution < -0.4 is 15.4 Å². The van der Waals surface area contributed by atoms with Crippen molar-refractivity contribution in [2.75, 3.05) is 20.2 Å². The Labute approximate surface area is 210 Å². The highest BCUT2D eigenvalue weighted by molar-refractivity contribution is 8.26.